The van der Waals surface area contributed by atoms with Crippen LogP contribution >= 0.6 is 0 Å². The van der Waals surface area contributed by atoms with Crippen molar-refractivity contribution >= 4 is 0 Å². The summed E-state index contributed by atoms with van der Waals surface area (Å²) in [6.07, 6.45) is 7.13. The molecule has 1 unspecified atom stereocenters. The highest BCUT2D eigenvalue weighted by Crippen LogP contribution is 2.16. The molecule has 0 aliphatic carbocycles. The van der Waals surface area contributed by atoms with E-state index in [0.717, 1.165) is 5.92 Å². The van der Waals surface area contributed by atoms with Crippen molar-refractivity contribution in [1.29, 1.82) is 0 Å². The summed E-state index contributed by atoms with van der Waals surface area (Å²) < 4.78 is 0. The molecule has 0 aliphatic rings. The highest BCUT2D eigenvalue weighted by Gasteiger charge is 2.03. The van der Waals surface area contributed by atoms with Crippen LogP contribution in [0.3, 0.4) is 0 Å². The van der Waals surface area contributed by atoms with Crippen molar-refractivity contribution in [2.45, 2.75) is 47.5 Å². The Morgan fingerprint density at radius 3 is 2.18 bits per heavy atom. The molecule has 0 radical (unpaired) electrons. The van der Waals surface area contributed by atoms with Crippen molar-refractivity contribution in [1.82, 2.24) is 0 Å². The van der Waals surface area contributed by atoms with Gasteiger partial charge in [0.15, 0.2) is 0 Å². The van der Waals surface area contributed by atoms with E-state index in [1.807, 2.05) is 0 Å². The van der Waals surface area contributed by atoms with Crippen LogP contribution in [0.15, 0.2) is 12.2 Å². The maximum atomic E-state index is 2.31. The van der Waals surface area contributed by atoms with Crippen LogP contribution in [-0.2, 0) is 0 Å². The summed E-state index contributed by atoms with van der Waals surface area (Å²) in [5.41, 5.74) is 0.355. The van der Waals surface area contributed by atoms with Gasteiger partial charge in [-0.25, -0.2) is 0 Å². The first kappa shape index (κ1) is 10.7. The molecule has 0 spiro atoms. The normalized spacial score (nSPS) is 15.7. The molecule has 0 saturated heterocycles. The van der Waals surface area contributed by atoms with E-state index in [2.05, 4.69) is 46.8 Å². The quantitative estimate of drug-likeness (QED) is 0.538. The van der Waals surface area contributed by atoms with Gasteiger partial charge in [-0.15, -0.1) is 0 Å². The molecule has 0 saturated carbocycles. The lowest BCUT2D eigenvalue weighted by Crippen LogP contribution is -1.99. The largest absolute Gasteiger partial charge is 0.0877 e. The van der Waals surface area contributed by atoms with Crippen molar-refractivity contribution in [2.75, 3.05) is 0 Å². The number of hydrogen-bond acceptors (Lipinski definition) is 0. The standard InChI is InChI=1S/C11H22/c1-6-10(2)8-7-9-11(3,4)5/h7,9-10H,6,8H2,1-5H3. The predicted molar refractivity (Wildman–Crippen MR) is 52.7 cm³/mol. The Kier molecular flexibility index (Phi) is 4.48. The van der Waals surface area contributed by atoms with Crippen LogP contribution in [0.2, 0.25) is 0 Å². The van der Waals surface area contributed by atoms with Gasteiger partial charge in [-0.3, -0.25) is 0 Å². The Hall–Kier alpha value is -0.260. The van der Waals surface area contributed by atoms with E-state index in [9.17, 15) is 0 Å². The van der Waals surface area contributed by atoms with Crippen molar-refractivity contribution < 1.29 is 0 Å². The van der Waals surface area contributed by atoms with Gasteiger partial charge in [-0.1, -0.05) is 53.2 Å². The minimum absolute atomic E-state index is 0.355. The molecule has 0 bridgehead atoms. The second-order valence-electron chi connectivity index (χ2n) is 4.52. The lowest BCUT2D eigenvalue weighted by atomic mass is 9.94. The third-order valence-electron chi connectivity index (χ3n) is 1.85. The van der Waals surface area contributed by atoms with E-state index in [4.69, 9.17) is 0 Å². The van der Waals surface area contributed by atoms with E-state index in [-0.39, 0.29) is 0 Å². The second kappa shape index (κ2) is 4.58. The summed E-state index contributed by atoms with van der Waals surface area (Å²) in [4.78, 5) is 0. The maximum Gasteiger partial charge on any atom is -0.0203 e. The summed E-state index contributed by atoms with van der Waals surface area (Å²) in [6, 6.07) is 0. The fraction of sp³-hybridized carbons (Fsp3) is 0.818. The lowest BCUT2D eigenvalue weighted by Gasteiger charge is -2.12. The van der Waals surface area contributed by atoms with Gasteiger partial charge in [-0.2, -0.15) is 0 Å². The van der Waals surface area contributed by atoms with Gasteiger partial charge in [0.05, 0.1) is 0 Å². The summed E-state index contributed by atoms with van der Waals surface area (Å²) in [7, 11) is 0. The third-order valence-corrected chi connectivity index (χ3v) is 1.85. The predicted octanol–water partition coefficient (Wildman–Crippen LogP) is 4.02. The lowest BCUT2D eigenvalue weighted by molar-refractivity contribution is 0.529. The number of hydrogen-bond donors (Lipinski definition) is 0. The topological polar surface area (TPSA) is 0 Å². The Morgan fingerprint density at radius 1 is 1.27 bits per heavy atom. The van der Waals surface area contributed by atoms with Crippen molar-refractivity contribution in [2.24, 2.45) is 11.3 Å². The van der Waals surface area contributed by atoms with Crippen LogP contribution in [0.25, 0.3) is 0 Å². The van der Waals surface area contributed by atoms with Gasteiger partial charge in [0.2, 0.25) is 0 Å². The molecule has 0 fully saturated rings. The van der Waals surface area contributed by atoms with Gasteiger partial charge >= 0.3 is 0 Å². The maximum absolute atomic E-state index is 2.31. The summed E-state index contributed by atoms with van der Waals surface area (Å²) in [5.74, 6) is 0.841. The molecule has 0 heteroatoms. The molecule has 0 aromatic heterocycles. The van der Waals surface area contributed by atoms with Gasteiger partial charge < -0.3 is 0 Å². The Labute approximate surface area is 71.7 Å². The minimum atomic E-state index is 0.355. The van der Waals surface area contributed by atoms with Crippen LogP contribution in [0.5, 0.6) is 0 Å². The van der Waals surface area contributed by atoms with Crippen molar-refractivity contribution in [3.05, 3.63) is 12.2 Å². The first-order valence-corrected chi connectivity index (χ1v) is 4.63. The molecule has 0 heterocycles. The average Bonchev–Trinajstić information content (AvgIpc) is 1.85. The first-order chi connectivity index (χ1) is 4.95. The minimum Gasteiger partial charge on any atom is -0.0877 e. The molecular weight excluding hydrogens is 132 g/mol. The molecule has 0 aromatic carbocycles. The van der Waals surface area contributed by atoms with Crippen LogP contribution in [0.1, 0.15) is 47.5 Å². The highest BCUT2D eigenvalue weighted by atomic mass is 14.1. The zero-order chi connectivity index (χ0) is 8.91. The van der Waals surface area contributed by atoms with E-state index >= 15 is 0 Å². The summed E-state index contributed by atoms with van der Waals surface area (Å²) in [5, 5.41) is 0. The smallest absolute Gasteiger partial charge is 0.0203 e. The molecule has 0 N–H and O–H groups in total. The summed E-state index contributed by atoms with van der Waals surface area (Å²) in [6.45, 7) is 11.3. The fourth-order valence-electron chi connectivity index (χ4n) is 0.821. The molecular formula is C11H22. The Bertz CT molecular complexity index is 114. The first-order valence-electron chi connectivity index (χ1n) is 4.63. The molecule has 0 amide bonds. The molecule has 0 aromatic rings. The molecule has 1 atom stereocenters. The second-order valence-corrected chi connectivity index (χ2v) is 4.52. The zero-order valence-corrected chi connectivity index (χ0v) is 8.65. The van der Waals surface area contributed by atoms with Gasteiger partial charge in [-0.05, 0) is 17.8 Å². The SMILES string of the molecule is CCC(C)CC=CC(C)(C)C. The van der Waals surface area contributed by atoms with Crippen LogP contribution in [-0.4, -0.2) is 0 Å². The fourth-order valence-corrected chi connectivity index (χ4v) is 0.821. The van der Waals surface area contributed by atoms with Gasteiger partial charge in [0.25, 0.3) is 0 Å². The van der Waals surface area contributed by atoms with E-state index < -0.39 is 0 Å². The van der Waals surface area contributed by atoms with E-state index in [1.54, 1.807) is 0 Å². The third kappa shape index (κ3) is 7.64. The van der Waals surface area contributed by atoms with Gasteiger partial charge in [0.1, 0.15) is 0 Å². The number of allylic oxidation sites excluding steroid dienone is 2. The number of rotatable bonds is 3. The molecule has 66 valence electrons. The average molecular weight is 154 g/mol. The van der Waals surface area contributed by atoms with E-state index in [0.29, 0.717) is 5.41 Å². The van der Waals surface area contributed by atoms with E-state index in [1.165, 1.54) is 12.8 Å². The van der Waals surface area contributed by atoms with Crippen LogP contribution in [0.4, 0.5) is 0 Å². The zero-order valence-electron chi connectivity index (χ0n) is 8.65. The highest BCUT2D eigenvalue weighted by molar-refractivity contribution is 4.92. The summed E-state index contributed by atoms with van der Waals surface area (Å²) >= 11 is 0. The molecule has 11 heavy (non-hydrogen) atoms. The van der Waals surface area contributed by atoms with Crippen molar-refractivity contribution in [3.8, 4) is 0 Å². The Morgan fingerprint density at radius 2 is 1.82 bits per heavy atom. The monoisotopic (exact) mass is 154 g/mol. The Balaban J connectivity index is 3.61. The van der Waals surface area contributed by atoms with Crippen LogP contribution in [0, 0.1) is 11.3 Å². The molecule has 0 nitrogen and oxygen atoms in total. The van der Waals surface area contributed by atoms with Gasteiger partial charge in [0, 0.05) is 0 Å². The van der Waals surface area contributed by atoms with Crippen LogP contribution < -0.4 is 0 Å². The molecule has 0 aliphatic heterocycles. The van der Waals surface area contributed by atoms with Crippen molar-refractivity contribution in [3.63, 3.8) is 0 Å². The molecule has 0 rings (SSSR count).